The fourth-order valence-corrected chi connectivity index (χ4v) is 3.58. The van der Waals surface area contributed by atoms with Crippen molar-refractivity contribution in [2.24, 2.45) is 10.4 Å². The predicted octanol–water partition coefficient (Wildman–Crippen LogP) is 5.48. The summed E-state index contributed by atoms with van der Waals surface area (Å²) in [4.78, 5) is 20.9. The number of Topliss-reactive ketones (excluding diaryl/α,β-unsaturated/α-hetero) is 1. The highest BCUT2D eigenvalue weighted by Crippen LogP contribution is 2.35. The molecule has 3 rings (SSSR count). The van der Waals surface area contributed by atoms with Crippen LogP contribution in [0.15, 0.2) is 50.4 Å². The highest BCUT2D eigenvalue weighted by atomic mass is 79.9. The van der Waals surface area contributed by atoms with Crippen molar-refractivity contribution in [1.82, 2.24) is 4.98 Å². The molecule has 6 heteroatoms. The van der Waals surface area contributed by atoms with Crippen molar-refractivity contribution in [3.05, 3.63) is 45.5 Å². The van der Waals surface area contributed by atoms with Gasteiger partial charge >= 0.3 is 0 Å². The van der Waals surface area contributed by atoms with Gasteiger partial charge in [0.2, 0.25) is 5.13 Å². The fourth-order valence-electron chi connectivity index (χ4n) is 2.64. The lowest BCUT2D eigenvalue weighted by atomic mass is 9.77. The Hall–Kier alpha value is -1.79. The van der Waals surface area contributed by atoms with Crippen LogP contribution in [0.25, 0.3) is 11.3 Å². The van der Waals surface area contributed by atoms with Gasteiger partial charge in [-0.1, -0.05) is 41.9 Å². The van der Waals surface area contributed by atoms with Gasteiger partial charge in [-0.25, -0.2) is 9.98 Å². The largest absolute Gasteiger partial charge is 0.511 e. The molecule has 1 aliphatic rings. The first-order valence-corrected chi connectivity index (χ1v) is 9.22. The second kappa shape index (κ2) is 6.61. The van der Waals surface area contributed by atoms with Gasteiger partial charge < -0.3 is 5.11 Å². The molecule has 0 radical (unpaired) electrons. The molecular formula is C18H17BrN2O2S. The van der Waals surface area contributed by atoms with Gasteiger partial charge in [0, 0.05) is 34.5 Å². The Balaban J connectivity index is 1.81. The van der Waals surface area contributed by atoms with Crippen molar-refractivity contribution in [1.29, 1.82) is 0 Å². The number of allylic oxidation sites excluding steroid dienone is 2. The number of aliphatic hydroxyl groups excluding tert-OH is 1. The number of nitrogens with zero attached hydrogens (tertiary/aromatic N) is 2. The molecule has 0 fully saturated rings. The molecule has 1 aromatic heterocycles. The quantitative estimate of drug-likeness (QED) is 0.689. The standard InChI is InChI=1S/C18H17BrN2O2S/c1-18(2)7-15(22)13(16(23)8-18)9-20-17-21-14(10-24-17)11-3-5-12(19)6-4-11/h3-6,9-10,22H,7-8H2,1-2H3. The molecular weight excluding hydrogens is 388 g/mol. The van der Waals surface area contributed by atoms with Crippen LogP contribution in [0.3, 0.4) is 0 Å². The van der Waals surface area contributed by atoms with Gasteiger partial charge in [0.25, 0.3) is 0 Å². The van der Waals surface area contributed by atoms with Crippen LogP contribution in [0.2, 0.25) is 0 Å². The minimum atomic E-state index is -0.200. The highest BCUT2D eigenvalue weighted by molar-refractivity contribution is 9.10. The van der Waals surface area contributed by atoms with Crippen LogP contribution in [0.4, 0.5) is 5.13 Å². The number of thiazole rings is 1. The maximum Gasteiger partial charge on any atom is 0.209 e. The molecule has 1 aromatic carbocycles. The average molecular weight is 405 g/mol. The lowest BCUT2D eigenvalue weighted by Gasteiger charge is -2.28. The maximum atomic E-state index is 12.2. The molecule has 24 heavy (non-hydrogen) atoms. The van der Waals surface area contributed by atoms with E-state index in [-0.39, 0.29) is 17.0 Å². The molecule has 4 nitrogen and oxygen atoms in total. The second-order valence-electron chi connectivity index (χ2n) is 6.58. The van der Waals surface area contributed by atoms with E-state index in [4.69, 9.17) is 0 Å². The zero-order valence-corrected chi connectivity index (χ0v) is 15.8. The fraction of sp³-hybridized carbons (Fsp3) is 0.278. The van der Waals surface area contributed by atoms with Crippen molar-refractivity contribution < 1.29 is 9.90 Å². The van der Waals surface area contributed by atoms with E-state index < -0.39 is 0 Å². The number of carbonyl (C=O) groups is 1. The van der Waals surface area contributed by atoms with Gasteiger partial charge in [-0.3, -0.25) is 4.79 Å². The number of aliphatic imine (C=N–C) groups is 1. The van der Waals surface area contributed by atoms with Gasteiger partial charge in [0.15, 0.2) is 5.78 Å². The molecule has 0 bridgehead atoms. The zero-order valence-electron chi connectivity index (χ0n) is 13.4. The van der Waals surface area contributed by atoms with Crippen LogP contribution < -0.4 is 0 Å². The Kier molecular flexibility index (Phi) is 4.69. The number of halogens is 1. The summed E-state index contributed by atoms with van der Waals surface area (Å²) in [6.45, 7) is 3.95. The third kappa shape index (κ3) is 3.82. The SMILES string of the molecule is CC1(C)CC(=O)C(C=Nc2nc(-c3ccc(Br)cc3)cs2)=C(O)C1. The second-order valence-corrected chi connectivity index (χ2v) is 8.33. The maximum absolute atomic E-state index is 12.2. The number of rotatable bonds is 3. The van der Waals surface area contributed by atoms with E-state index in [1.54, 1.807) is 0 Å². The van der Waals surface area contributed by atoms with Crippen LogP contribution in [0.5, 0.6) is 0 Å². The van der Waals surface area contributed by atoms with E-state index in [9.17, 15) is 9.90 Å². The lowest BCUT2D eigenvalue weighted by molar-refractivity contribution is -0.117. The van der Waals surface area contributed by atoms with Gasteiger partial charge in [-0.15, -0.1) is 11.3 Å². The number of ketones is 1. The van der Waals surface area contributed by atoms with E-state index >= 15 is 0 Å². The van der Waals surface area contributed by atoms with Crippen molar-refractivity contribution >= 4 is 44.4 Å². The normalized spacial score (nSPS) is 17.7. The Bertz CT molecular complexity index is 835. The van der Waals surface area contributed by atoms with Crippen LogP contribution >= 0.6 is 27.3 Å². The minimum Gasteiger partial charge on any atom is -0.511 e. The first-order chi connectivity index (χ1) is 11.3. The summed E-state index contributed by atoms with van der Waals surface area (Å²) in [5.74, 6) is 0.0434. The van der Waals surface area contributed by atoms with E-state index in [0.717, 1.165) is 15.7 Å². The highest BCUT2D eigenvalue weighted by Gasteiger charge is 2.32. The zero-order chi connectivity index (χ0) is 17.3. The summed E-state index contributed by atoms with van der Waals surface area (Å²) in [5.41, 5.74) is 1.95. The van der Waals surface area contributed by atoms with E-state index in [1.165, 1.54) is 17.6 Å². The molecule has 1 N–H and O–H groups in total. The Morgan fingerprint density at radius 3 is 2.67 bits per heavy atom. The predicted molar refractivity (Wildman–Crippen MR) is 101 cm³/mol. The van der Waals surface area contributed by atoms with Crippen LogP contribution in [0, 0.1) is 5.41 Å². The minimum absolute atomic E-state index is 0.0720. The Labute approximate surface area is 153 Å². The van der Waals surface area contributed by atoms with E-state index in [2.05, 4.69) is 25.9 Å². The third-order valence-corrected chi connectivity index (χ3v) is 5.11. The first kappa shape index (κ1) is 17.0. The van der Waals surface area contributed by atoms with Gasteiger partial charge in [0.05, 0.1) is 11.3 Å². The van der Waals surface area contributed by atoms with Crippen molar-refractivity contribution in [2.45, 2.75) is 26.7 Å². The van der Waals surface area contributed by atoms with Gasteiger partial charge in [-0.2, -0.15) is 0 Å². The third-order valence-electron chi connectivity index (χ3n) is 3.83. The monoisotopic (exact) mass is 404 g/mol. The topological polar surface area (TPSA) is 62.5 Å². The number of hydrogen-bond donors (Lipinski definition) is 1. The smallest absolute Gasteiger partial charge is 0.209 e. The van der Waals surface area contributed by atoms with E-state index in [0.29, 0.717) is 23.5 Å². The number of benzene rings is 1. The lowest BCUT2D eigenvalue weighted by Crippen LogP contribution is -2.26. The van der Waals surface area contributed by atoms with Crippen LogP contribution in [-0.4, -0.2) is 22.1 Å². The van der Waals surface area contributed by atoms with E-state index in [1.807, 2.05) is 43.5 Å². The molecule has 0 saturated carbocycles. The molecule has 124 valence electrons. The molecule has 0 unspecified atom stereocenters. The molecule has 1 aliphatic carbocycles. The number of aliphatic hydroxyl groups is 1. The van der Waals surface area contributed by atoms with Gasteiger partial charge in [-0.05, 0) is 17.5 Å². The summed E-state index contributed by atoms with van der Waals surface area (Å²) in [6.07, 6.45) is 2.35. The van der Waals surface area contributed by atoms with Crippen LogP contribution in [0.1, 0.15) is 26.7 Å². The van der Waals surface area contributed by atoms with Crippen LogP contribution in [-0.2, 0) is 4.79 Å². The number of hydrogen-bond acceptors (Lipinski definition) is 5. The molecule has 2 aromatic rings. The summed E-state index contributed by atoms with van der Waals surface area (Å²) >= 11 is 4.81. The summed E-state index contributed by atoms with van der Waals surface area (Å²) < 4.78 is 1.01. The average Bonchev–Trinajstić information content (AvgIpc) is 2.95. The summed E-state index contributed by atoms with van der Waals surface area (Å²) in [5, 5.41) is 12.6. The summed E-state index contributed by atoms with van der Waals surface area (Å²) in [7, 11) is 0. The molecule has 0 spiro atoms. The van der Waals surface area contributed by atoms with Crippen molar-refractivity contribution in [3.63, 3.8) is 0 Å². The Morgan fingerprint density at radius 1 is 1.29 bits per heavy atom. The Morgan fingerprint density at radius 2 is 2.00 bits per heavy atom. The molecule has 0 amide bonds. The van der Waals surface area contributed by atoms with Crippen molar-refractivity contribution in [3.8, 4) is 11.3 Å². The molecule has 0 saturated heterocycles. The number of aromatic nitrogens is 1. The van der Waals surface area contributed by atoms with Gasteiger partial charge in [0.1, 0.15) is 5.76 Å². The number of carbonyl (C=O) groups excluding carboxylic acids is 1. The molecule has 1 heterocycles. The molecule has 0 aliphatic heterocycles. The first-order valence-electron chi connectivity index (χ1n) is 7.55. The summed E-state index contributed by atoms with van der Waals surface area (Å²) in [6, 6.07) is 7.88. The van der Waals surface area contributed by atoms with Crippen molar-refractivity contribution in [2.75, 3.05) is 0 Å². The molecule has 0 atom stereocenters.